The van der Waals surface area contributed by atoms with E-state index in [1.165, 1.54) is 24.9 Å². The molecule has 16 heavy (non-hydrogen) atoms. The Morgan fingerprint density at radius 1 is 1.62 bits per heavy atom. The van der Waals surface area contributed by atoms with Crippen LogP contribution in [0.5, 0.6) is 0 Å². The van der Waals surface area contributed by atoms with E-state index in [1.807, 2.05) is 17.9 Å². The molecule has 4 heteroatoms. The maximum Gasteiger partial charge on any atom is 0.0537 e. The lowest BCUT2D eigenvalue weighted by Gasteiger charge is -2.35. The molecule has 2 unspecified atom stereocenters. The Kier molecular flexibility index (Phi) is 3.61. The first kappa shape index (κ1) is 11.6. The van der Waals surface area contributed by atoms with Gasteiger partial charge in [0.2, 0.25) is 0 Å². The third-order valence-corrected chi connectivity index (χ3v) is 3.66. The van der Waals surface area contributed by atoms with Crippen LogP contribution in [-0.4, -0.2) is 40.9 Å². The lowest BCUT2D eigenvalue weighted by molar-refractivity contribution is 0.156. The number of aromatic nitrogens is 2. The van der Waals surface area contributed by atoms with E-state index in [2.05, 4.69) is 35.5 Å². The van der Waals surface area contributed by atoms with E-state index < -0.39 is 0 Å². The normalized spacial score (nSPS) is 23.6. The summed E-state index contributed by atoms with van der Waals surface area (Å²) in [7, 11) is 4.19. The second kappa shape index (κ2) is 4.97. The van der Waals surface area contributed by atoms with E-state index in [0.29, 0.717) is 12.1 Å². The topological polar surface area (TPSA) is 33.1 Å². The minimum Gasteiger partial charge on any atom is -0.315 e. The highest BCUT2D eigenvalue weighted by Crippen LogP contribution is 2.22. The molecule has 0 radical (unpaired) electrons. The highest BCUT2D eigenvalue weighted by Gasteiger charge is 2.23. The molecule has 0 aromatic carbocycles. The zero-order valence-electron chi connectivity index (χ0n) is 10.5. The largest absolute Gasteiger partial charge is 0.315 e. The van der Waals surface area contributed by atoms with Crippen molar-refractivity contribution in [2.24, 2.45) is 7.05 Å². The highest BCUT2D eigenvalue weighted by atomic mass is 15.3. The fourth-order valence-corrected chi connectivity index (χ4v) is 2.39. The summed E-state index contributed by atoms with van der Waals surface area (Å²) in [6, 6.07) is 1.10. The van der Waals surface area contributed by atoms with Gasteiger partial charge in [-0.05, 0) is 33.4 Å². The van der Waals surface area contributed by atoms with Gasteiger partial charge in [-0.2, -0.15) is 5.10 Å². The van der Waals surface area contributed by atoms with Crippen molar-refractivity contribution in [1.82, 2.24) is 20.0 Å². The van der Waals surface area contributed by atoms with Gasteiger partial charge in [0, 0.05) is 37.4 Å². The predicted molar refractivity (Wildman–Crippen MR) is 65.3 cm³/mol. The summed E-state index contributed by atoms with van der Waals surface area (Å²) < 4.78 is 1.87. The van der Waals surface area contributed by atoms with Crippen LogP contribution < -0.4 is 5.32 Å². The highest BCUT2D eigenvalue weighted by molar-refractivity contribution is 5.09. The van der Waals surface area contributed by atoms with E-state index in [1.54, 1.807) is 0 Å². The first-order valence-electron chi connectivity index (χ1n) is 6.09. The van der Waals surface area contributed by atoms with Gasteiger partial charge >= 0.3 is 0 Å². The van der Waals surface area contributed by atoms with Crippen LogP contribution in [0, 0.1) is 0 Å². The quantitative estimate of drug-likeness (QED) is 0.833. The van der Waals surface area contributed by atoms with Crippen molar-refractivity contribution in [3.8, 4) is 0 Å². The molecule has 1 aliphatic rings. The maximum atomic E-state index is 4.24. The van der Waals surface area contributed by atoms with Gasteiger partial charge in [-0.1, -0.05) is 0 Å². The average molecular weight is 222 g/mol. The monoisotopic (exact) mass is 222 g/mol. The summed E-state index contributed by atoms with van der Waals surface area (Å²) in [6.07, 6.45) is 6.66. The second-order valence-corrected chi connectivity index (χ2v) is 4.79. The minimum absolute atomic E-state index is 0.443. The fourth-order valence-electron chi connectivity index (χ4n) is 2.39. The summed E-state index contributed by atoms with van der Waals surface area (Å²) >= 11 is 0. The summed E-state index contributed by atoms with van der Waals surface area (Å²) in [5.41, 5.74) is 1.30. The third kappa shape index (κ3) is 2.44. The van der Waals surface area contributed by atoms with Crippen molar-refractivity contribution in [3.63, 3.8) is 0 Å². The first-order chi connectivity index (χ1) is 7.68. The zero-order valence-corrected chi connectivity index (χ0v) is 10.5. The van der Waals surface area contributed by atoms with E-state index in [-0.39, 0.29) is 0 Å². The van der Waals surface area contributed by atoms with Gasteiger partial charge in [-0.25, -0.2) is 0 Å². The molecule has 0 spiro atoms. The van der Waals surface area contributed by atoms with E-state index in [9.17, 15) is 0 Å². The molecule has 2 heterocycles. The minimum atomic E-state index is 0.443. The van der Waals surface area contributed by atoms with Crippen LogP contribution in [0.25, 0.3) is 0 Å². The summed E-state index contributed by atoms with van der Waals surface area (Å²) in [5, 5.41) is 7.70. The summed E-state index contributed by atoms with van der Waals surface area (Å²) in [4.78, 5) is 2.46. The smallest absolute Gasteiger partial charge is 0.0537 e. The molecule has 1 aromatic rings. The second-order valence-electron chi connectivity index (χ2n) is 4.79. The predicted octanol–water partition coefficient (Wildman–Crippen LogP) is 1.16. The lowest BCUT2D eigenvalue weighted by Crippen LogP contribution is -2.44. The molecule has 1 saturated heterocycles. The Labute approximate surface area is 97.6 Å². The number of nitrogens with one attached hydrogen (secondary N) is 1. The van der Waals surface area contributed by atoms with Crippen LogP contribution in [0.15, 0.2) is 12.4 Å². The maximum absolute atomic E-state index is 4.24. The van der Waals surface area contributed by atoms with E-state index in [4.69, 9.17) is 0 Å². The van der Waals surface area contributed by atoms with Gasteiger partial charge in [0.1, 0.15) is 0 Å². The van der Waals surface area contributed by atoms with Crippen molar-refractivity contribution >= 4 is 0 Å². The van der Waals surface area contributed by atoms with E-state index >= 15 is 0 Å². The van der Waals surface area contributed by atoms with Gasteiger partial charge in [-0.15, -0.1) is 0 Å². The molecular weight excluding hydrogens is 200 g/mol. The molecule has 1 aliphatic heterocycles. The van der Waals surface area contributed by atoms with Crippen molar-refractivity contribution in [1.29, 1.82) is 0 Å². The van der Waals surface area contributed by atoms with Crippen LogP contribution in [0.1, 0.15) is 31.4 Å². The van der Waals surface area contributed by atoms with Crippen molar-refractivity contribution < 1.29 is 0 Å². The molecule has 0 aliphatic carbocycles. The molecule has 4 nitrogen and oxygen atoms in total. The van der Waals surface area contributed by atoms with Crippen molar-refractivity contribution in [2.75, 3.05) is 20.1 Å². The molecule has 0 saturated carbocycles. The summed E-state index contributed by atoms with van der Waals surface area (Å²) in [5.74, 6) is 0. The molecule has 2 rings (SSSR count). The molecule has 2 atom stereocenters. The van der Waals surface area contributed by atoms with Gasteiger partial charge in [0.05, 0.1) is 6.20 Å². The SMILES string of the molecule is CC(c1cnn(C)c1)N(C)C1CCCNC1. The van der Waals surface area contributed by atoms with Gasteiger partial charge in [-0.3, -0.25) is 9.58 Å². The van der Waals surface area contributed by atoms with Crippen LogP contribution >= 0.6 is 0 Å². The molecule has 1 N–H and O–H groups in total. The molecule has 0 amide bonds. The van der Waals surface area contributed by atoms with Crippen LogP contribution in [0.2, 0.25) is 0 Å². The molecular formula is C12H22N4. The molecule has 0 bridgehead atoms. The molecule has 90 valence electrons. The number of nitrogens with zero attached hydrogens (tertiary/aromatic N) is 3. The standard InChI is InChI=1S/C12H22N4/c1-10(11-7-14-15(2)9-11)16(3)12-5-4-6-13-8-12/h7,9-10,12-13H,4-6,8H2,1-3H3. The number of rotatable bonds is 3. The van der Waals surface area contributed by atoms with Gasteiger partial charge < -0.3 is 5.32 Å². The molecule has 1 aromatic heterocycles. The Morgan fingerprint density at radius 3 is 3.00 bits per heavy atom. The van der Waals surface area contributed by atoms with E-state index in [0.717, 1.165) is 6.54 Å². The Hall–Kier alpha value is -0.870. The number of aryl methyl sites for hydroxylation is 1. The Bertz CT molecular complexity index is 328. The molecule has 1 fully saturated rings. The average Bonchev–Trinajstić information content (AvgIpc) is 2.75. The number of piperidine rings is 1. The fraction of sp³-hybridized carbons (Fsp3) is 0.750. The van der Waals surface area contributed by atoms with Crippen LogP contribution in [0.3, 0.4) is 0 Å². The lowest BCUT2D eigenvalue weighted by atomic mass is 10.0. The number of likely N-dealkylation sites (N-methyl/N-ethyl adjacent to an activating group) is 1. The van der Waals surface area contributed by atoms with Gasteiger partial charge in [0.15, 0.2) is 0 Å². The first-order valence-corrected chi connectivity index (χ1v) is 6.09. The van der Waals surface area contributed by atoms with Gasteiger partial charge in [0.25, 0.3) is 0 Å². The van der Waals surface area contributed by atoms with Crippen molar-refractivity contribution in [2.45, 2.75) is 31.8 Å². The Balaban J connectivity index is 2.00. The third-order valence-electron chi connectivity index (χ3n) is 3.66. The van der Waals surface area contributed by atoms with Crippen LogP contribution in [0.4, 0.5) is 0 Å². The van der Waals surface area contributed by atoms with Crippen molar-refractivity contribution in [3.05, 3.63) is 18.0 Å². The number of hydrogen-bond donors (Lipinski definition) is 1. The zero-order chi connectivity index (χ0) is 11.5. The summed E-state index contributed by atoms with van der Waals surface area (Å²) in [6.45, 7) is 4.54. The Morgan fingerprint density at radius 2 is 2.44 bits per heavy atom. The number of hydrogen-bond acceptors (Lipinski definition) is 3. The van der Waals surface area contributed by atoms with Crippen LogP contribution in [-0.2, 0) is 7.05 Å².